The summed E-state index contributed by atoms with van der Waals surface area (Å²) in [5.74, 6) is -2.21. The van der Waals surface area contributed by atoms with Crippen LogP contribution in [0.2, 0.25) is 0 Å². The first-order valence-electron chi connectivity index (χ1n) is 11.0. The van der Waals surface area contributed by atoms with Gasteiger partial charge in [0.05, 0.1) is 11.3 Å². The molecular formula is C24H25FN4O5. The van der Waals surface area contributed by atoms with Crippen LogP contribution in [0.4, 0.5) is 10.1 Å². The van der Waals surface area contributed by atoms with E-state index >= 15 is 0 Å². The van der Waals surface area contributed by atoms with Crippen LogP contribution in [0.25, 0.3) is 0 Å². The number of nitrogens with one attached hydrogen (secondary N) is 2. The summed E-state index contributed by atoms with van der Waals surface area (Å²) in [5, 5.41) is 0. The molecule has 178 valence electrons. The molecule has 9 nitrogen and oxygen atoms in total. The van der Waals surface area contributed by atoms with Crippen LogP contribution >= 0.6 is 0 Å². The van der Waals surface area contributed by atoms with Crippen molar-refractivity contribution in [3.05, 3.63) is 59.9 Å². The molecule has 2 aromatic rings. The molecule has 2 aliphatic heterocycles. The van der Waals surface area contributed by atoms with Gasteiger partial charge in [0.15, 0.2) is 17.7 Å². The number of carbonyl (C=O) groups is 4. The third-order valence-electron chi connectivity index (χ3n) is 6.14. The van der Waals surface area contributed by atoms with Gasteiger partial charge in [0.25, 0.3) is 11.8 Å². The lowest BCUT2D eigenvalue weighted by Crippen LogP contribution is -2.62. The molecule has 2 unspecified atom stereocenters. The maximum absolute atomic E-state index is 13.7. The van der Waals surface area contributed by atoms with Gasteiger partial charge >= 0.3 is 0 Å². The molecule has 0 saturated carbocycles. The first-order chi connectivity index (χ1) is 16.2. The minimum Gasteiger partial charge on any atom is -0.478 e. The molecular weight excluding hydrogens is 443 g/mol. The lowest BCUT2D eigenvalue weighted by molar-refractivity contribution is -0.133. The number of rotatable bonds is 6. The number of ether oxygens (including phenoxy) is 1. The second kappa shape index (κ2) is 9.12. The number of fused-ring (bicyclic) bond motifs is 3. The highest BCUT2D eigenvalue weighted by atomic mass is 19.1. The van der Waals surface area contributed by atoms with E-state index in [-0.39, 0.29) is 30.5 Å². The van der Waals surface area contributed by atoms with Crippen LogP contribution in [-0.2, 0) is 14.4 Å². The van der Waals surface area contributed by atoms with Crippen molar-refractivity contribution in [1.82, 2.24) is 15.8 Å². The number of amides is 4. The molecule has 10 heteroatoms. The molecule has 0 bridgehead atoms. The number of benzene rings is 2. The van der Waals surface area contributed by atoms with Crippen molar-refractivity contribution >= 4 is 29.3 Å². The Balaban J connectivity index is 1.35. The molecule has 2 atom stereocenters. The third-order valence-corrected chi connectivity index (χ3v) is 6.14. The van der Waals surface area contributed by atoms with Gasteiger partial charge in [-0.1, -0.05) is 24.3 Å². The van der Waals surface area contributed by atoms with Gasteiger partial charge in [0.2, 0.25) is 11.8 Å². The Labute approximate surface area is 195 Å². The van der Waals surface area contributed by atoms with Crippen LogP contribution in [0, 0.1) is 5.82 Å². The highest BCUT2D eigenvalue weighted by Crippen LogP contribution is 2.43. The standard InChI is InChI=1S/C24H25FN4O5/c1-15(34-19-10-6-4-8-17(19)25)22(32)27-26-20(30)12-14-28-23(33)16-7-3-5-9-18(16)29-21(31)11-13-24(28,29)2/h3-10,15H,11-14H2,1-2H3,(H,26,30)(H,27,32). The first-order valence-corrected chi connectivity index (χ1v) is 11.0. The SMILES string of the molecule is CC(Oc1ccccc1F)C(=O)NNC(=O)CCN1C(=O)c2ccccc2N2C(=O)CCC12C. The number of halogens is 1. The van der Waals surface area contributed by atoms with Crippen LogP contribution in [0.1, 0.15) is 43.5 Å². The molecule has 0 radical (unpaired) electrons. The van der Waals surface area contributed by atoms with Gasteiger partial charge < -0.3 is 9.64 Å². The number of hydrazine groups is 1. The van der Waals surface area contributed by atoms with Crippen LogP contribution in [-0.4, -0.2) is 46.8 Å². The lowest BCUT2D eigenvalue weighted by atomic mass is 9.98. The Kier molecular flexibility index (Phi) is 6.23. The Hall–Kier alpha value is -3.95. The average molecular weight is 468 g/mol. The summed E-state index contributed by atoms with van der Waals surface area (Å²) in [4.78, 5) is 53.5. The fraction of sp³-hybridized carbons (Fsp3) is 0.333. The van der Waals surface area contributed by atoms with Crippen molar-refractivity contribution in [2.75, 3.05) is 11.4 Å². The highest BCUT2D eigenvalue weighted by Gasteiger charge is 2.52. The summed E-state index contributed by atoms with van der Waals surface area (Å²) in [6.07, 6.45) is -0.408. The predicted molar refractivity (Wildman–Crippen MR) is 120 cm³/mol. The van der Waals surface area contributed by atoms with Crippen LogP contribution in [0.15, 0.2) is 48.5 Å². The van der Waals surface area contributed by atoms with Crippen molar-refractivity contribution in [2.45, 2.75) is 44.9 Å². The number of hydrogen-bond donors (Lipinski definition) is 2. The van der Waals surface area contributed by atoms with Crippen LogP contribution in [0.5, 0.6) is 5.75 Å². The predicted octanol–water partition coefficient (Wildman–Crippen LogP) is 2.13. The van der Waals surface area contributed by atoms with E-state index in [4.69, 9.17) is 4.74 Å². The number of carbonyl (C=O) groups excluding carboxylic acids is 4. The Morgan fingerprint density at radius 3 is 2.59 bits per heavy atom. The molecule has 1 fully saturated rings. The van der Waals surface area contributed by atoms with Crippen LogP contribution in [0.3, 0.4) is 0 Å². The normalized spacial score (nSPS) is 19.9. The minimum absolute atomic E-state index is 0.0520. The van der Waals surface area contributed by atoms with Gasteiger partial charge in [-0.25, -0.2) is 4.39 Å². The van der Waals surface area contributed by atoms with Gasteiger partial charge in [-0.15, -0.1) is 0 Å². The molecule has 0 spiro atoms. The number of para-hydroxylation sites is 2. The highest BCUT2D eigenvalue weighted by molar-refractivity contribution is 6.10. The van der Waals surface area contributed by atoms with Crippen molar-refractivity contribution < 1.29 is 28.3 Å². The van der Waals surface area contributed by atoms with E-state index in [1.54, 1.807) is 35.2 Å². The molecule has 4 amide bonds. The topological polar surface area (TPSA) is 108 Å². The fourth-order valence-electron chi connectivity index (χ4n) is 4.33. The maximum Gasteiger partial charge on any atom is 0.279 e. The van der Waals surface area contributed by atoms with E-state index in [0.717, 1.165) is 0 Å². The molecule has 0 aromatic heterocycles. The second-order valence-corrected chi connectivity index (χ2v) is 8.40. The van der Waals surface area contributed by atoms with Crippen molar-refractivity contribution in [3.63, 3.8) is 0 Å². The molecule has 2 N–H and O–H groups in total. The molecule has 4 rings (SSSR count). The summed E-state index contributed by atoms with van der Waals surface area (Å²) in [5.41, 5.74) is 4.65. The number of nitrogens with zero attached hydrogens (tertiary/aromatic N) is 2. The summed E-state index contributed by atoms with van der Waals surface area (Å²) in [7, 11) is 0. The Morgan fingerprint density at radius 1 is 1.12 bits per heavy atom. The minimum atomic E-state index is -1.06. The molecule has 34 heavy (non-hydrogen) atoms. The van der Waals surface area contributed by atoms with Gasteiger partial charge in [0.1, 0.15) is 5.66 Å². The summed E-state index contributed by atoms with van der Waals surface area (Å²) >= 11 is 0. The lowest BCUT2D eigenvalue weighted by Gasteiger charge is -2.48. The van der Waals surface area contributed by atoms with E-state index in [2.05, 4.69) is 10.9 Å². The van der Waals surface area contributed by atoms with E-state index in [0.29, 0.717) is 24.1 Å². The van der Waals surface area contributed by atoms with Gasteiger partial charge in [-0.05, 0) is 44.5 Å². The van der Waals surface area contributed by atoms with Crippen molar-refractivity contribution in [1.29, 1.82) is 0 Å². The second-order valence-electron chi connectivity index (χ2n) is 8.40. The summed E-state index contributed by atoms with van der Waals surface area (Å²) in [6, 6.07) is 12.6. The van der Waals surface area contributed by atoms with Crippen LogP contribution < -0.4 is 20.5 Å². The van der Waals surface area contributed by atoms with Gasteiger partial charge in [0, 0.05) is 19.4 Å². The maximum atomic E-state index is 13.7. The zero-order valence-electron chi connectivity index (χ0n) is 18.8. The molecule has 0 aliphatic carbocycles. The van der Waals surface area contributed by atoms with E-state index in [9.17, 15) is 23.6 Å². The number of hydrogen-bond acceptors (Lipinski definition) is 5. The largest absolute Gasteiger partial charge is 0.478 e. The zero-order chi connectivity index (χ0) is 24.5. The molecule has 2 heterocycles. The molecule has 2 aromatic carbocycles. The van der Waals surface area contributed by atoms with Crippen molar-refractivity contribution in [2.24, 2.45) is 0 Å². The van der Waals surface area contributed by atoms with E-state index in [1.807, 2.05) is 6.92 Å². The molecule has 2 aliphatic rings. The summed E-state index contributed by atoms with van der Waals surface area (Å²) in [6.45, 7) is 3.29. The van der Waals surface area contributed by atoms with E-state index < -0.39 is 29.4 Å². The fourth-order valence-corrected chi connectivity index (χ4v) is 4.33. The Bertz CT molecular complexity index is 1160. The zero-order valence-corrected chi connectivity index (χ0v) is 18.8. The van der Waals surface area contributed by atoms with Gasteiger partial charge in [-0.3, -0.25) is 34.9 Å². The number of anilines is 1. The first kappa shape index (κ1) is 23.2. The summed E-state index contributed by atoms with van der Waals surface area (Å²) < 4.78 is 19.0. The average Bonchev–Trinajstić information content (AvgIpc) is 3.13. The van der Waals surface area contributed by atoms with E-state index in [1.165, 1.54) is 30.0 Å². The molecule has 1 saturated heterocycles. The van der Waals surface area contributed by atoms with Gasteiger partial charge in [-0.2, -0.15) is 0 Å². The monoisotopic (exact) mass is 468 g/mol. The smallest absolute Gasteiger partial charge is 0.279 e. The van der Waals surface area contributed by atoms with Crippen molar-refractivity contribution in [3.8, 4) is 5.75 Å². The quantitative estimate of drug-likeness (QED) is 0.632. The third kappa shape index (κ3) is 4.18. The Morgan fingerprint density at radius 2 is 1.82 bits per heavy atom.